The molecule has 1 spiro atoms. The third-order valence-electron chi connectivity index (χ3n) is 7.42. The van der Waals surface area contributed by atoms with Crippen LogP contribution in [0.25, 0.3) is 16.8 Å². The fourth-order valence-electron chi connectivity index (χ4n) is 5.30. The number of ether oxygens (including phenoxy) is 3. The number of esters is 1. The van der Waals surface area contributed by atoms with Crippen molar-refractivity contribution >= 4 is 40.4 Å². The highest BCUT2D eigenvalue weighted by Gasteiger charge is 2.59. The number of hydrogen-bond donors (Lipinski definition) is 0. The second-order valence-corrected chi connectivity index (χ2v) is 9.76. The smallest absolute Gasteiger partial charge is 0.348 e. The van der Waals surface area contributed by atoms with E-state index < -0.39 is 17.1 Å². The lowest BCUT2D eigenvalue weighted by Crippen LogP contribution is -2.61. The fourth-order valence-corrected chi connectivity index (χ4v) is 5.30. The van der Waals surface area contributed by atoms with Crippen LogP contribution in [0.15, 0.2) is 71.2 Å². The Morgan fingerprint density at radius 1 is 1.21 bits per heavy atom. The largest absolute Gasteiger partial charge is 0.497 e. The number of aliphatic imine (C=N–C) groups is 1. The molecule has 0 saturated carbocycles. The molecular weight excluding hydrogens is 478 g/mol. The molecule has 0 saturated heterocycles. The minimum Gasteiger partial charge on any atom is -0.497 e. The van der Waals surface area contributed by atoms with E-state index in [2.05, 4.69) is 24.8 Å². The van der Waals surface area contributed by atoms with E-state index in [1.54, 1.807) is 20.1 Å². The lowest BCUT2D eigenvalue weighted by molar-refractivity contribution is -0.138. The predicted octanol–water partition coefficient (Wildman–Crippen LogP) is 6.09. The molecular formula is C31H29N3O4. The molecule has 3 aromatic rings. The molecule has 2 heterocycles. The number of fused-ring (bicyclic) bond motifs is 4. The summed E-state index contributed by atoms with van der Waals surface area (Å²) in [6.07, 6.45) is 6.84. The summed E-state index contributed by atoms with van der Waals surface area (Å²) in [6, 6.07) is 18.0. The van der Waals surface area contributed by atoms with Crippen molar-refractivity contribution < 1.29 is 19.0 Å². The Bertz CT molecular complexity index is 1580. The van der Waals surface area contributed by atoms with E-state index in [0.717, 1.165) is 39.0 Å². The van der Waals surface area contributed by atoms with E-state index in [4.69, 9.17) is 19.2 Å². The number of anilines is 1. The number of likely N-dealkylation sites (N-methyl/N-ethyl adjacent to an activating group) is 1. The number of carbonyl (C=O) groups is 1. The SMILES string of the molecule is CCOC(=O)C(C#N)=CC=Cc1cc2ccccc2c2c1OC1(C=N2)N(C)c2ccc(OC)cc2C1(C)C. The molecule has 0 amide bonds. The Morgan fingerprint density at radius 2 is 2.00 bits per heavy atom. The number of rotatable bonds is 5. The molecule has 0 aliphatic carbocycles. The van der Waals surface area contributed by atoms with Gasteiger partial charge in [-0.2, -0.15) is 5.26 Å². The van der Waals surface area contributed by atoms with Crippen molar-refractivity contribution in [3.63, 3.8) is 0 Å². The number of allylic oxidation sites excluding steroid dienone is 2. The first-order valence-electron chi connectivity index (χ1n) is 12.4. The standard InChI is InChI=1S/C31H29N3O4/c1-6-37-29(35)22(18-32)12-9-11-21-16-20-10-7-8-13-24(20)27-28(21)38-31(19-33-27)30(2,3)25-17-23(36-5)14-15-26(25)34(31)4/h7-17,19H,6H2,1-5H3. The highest BCUT2D eigenvalue weighted by Crippen LogP contribution is 2.55. The normalized spacial score (nSPS) is 19.3. The maximum atomic E-state index is 12.0. The third-order valence-corrected chi connectivity index (χ3v) is 7.42. The van der Waals surface area contributed by atoms with Gasteiger partial charge in [0.05, 0.1) is 25.3 Å². The topological polar surface area (TPSA) is 84.2 Å². The first-order chi connectivity index (χ1) is 18.3. The summed E-state index contributed by atoms with van der Waals surface area (Å²) in [4.78, 5) is 19.2. The van der Waals surface area contributed by atoms with Gasteiger partial charge in [0.15, 0.2) is 5.75 Å². The lowest BCUT2D eigenvalue weighted by Gasteiger charge is -2.45. The van der Waals surface area contributed by atoms with Crippen LogP contribution in [0.1, 0.15) is 31.9 Å². The van der Waals surface area contributed by atoms with Crippen LogP contribution in [-0.2, 0) is 14.9 Å². The van der Waals surface area contributed by atoms with Gasteiger partial charge in [-0.15, -0.1) is 0 Å². The number of hydrogen-bond acceptors (Lipinski definition) is 7. The van der Waals surface area contributed by atoms with Gasteiger partial charge in [0.1, 0.15) is 23.1 Å². The number of methoxy groups -OCH3 is 1. The van der Waals surface area contributed by atoms with E-state index >= 15 is 0 Å². The molecule has 2 aliphatic heterocycles. The Kier molecular flexibility index (Phi) is 6.20. The average molecular weight is 508 g/mol. The zero-order chi connectivity index (χ0) is 27.1. The van der Waals surface area contributed by atoms with Crippen molar-refractivity contribution in [3.05, 3.63) is 77.4 Å². The van der Waals surface area contributed by atoms with Crippen LogP contribution >= 0.6 is 0 Å². The summed E-state index contributed by atoms with van der Waals surface area (Å²) >= 11 is 0. The van der Waals surface area contributed by atoms with Crippen LogP contribution < -0.4 is 14.4 Å². The zero-order valence-electron chi connectivity index (χ0n) is 22.1. The molecule has 1 atom stereocenters. The van der Waals surface area contributed by atoms with Crippen molar-refractivity contribution in [2.24, 2.45) is 4.99 Å². The van der Waals surface area contributed by atoms with E-state index in [-0.39, 0.29) is 12.2 Å². The summed E-state index contributed by atoms with van der Waals surface area (Å²) in [6.45, 7) is 6.19. The molecule has 0 N–H and O–H groups in total. The predicted molar refractivity (Wildman–Crippen MR) is 149 cm³/mol. The maximum absolute atomic E-state index is 12.0. The third kappa shape index (κ3) is 3.72. The van der Waals surface area contributed by atoms with Crippen LogP contribution in [0.2, 0.25) is 0 Å². The van der Waals surface area contributed by atoms with Crippen LogP contribution in [0.4, 0.5) is 11.4 Å². The van der Waals surface area contributed by atoms with E-state index in [0.29, 0.717) is 5.75 Å². The van der Waals surface area contributed by atoms with Gasteiger partial charge in [-0.25, -0.2) is 4.79 Å². The van der Waals surface area contributed by atoms with Crippen molar-refractivity contribution in [3.8, 4) is 17.6 Å². The molecule has 1 unspecified atom stereocenters. The summed E-state index contributed by atoms with van der Waals surface area (Å²) in [5.74, 6) is 0.763. The zero-order valence-corrected chi connectivity index (χ0v) is 22.1. The number of benzene rings is 3. The van der Waals surface area contributed by atoms with E-state index in [1.165, 1.54) is 6.08 Å². The fraction of sp³-hybridized carbons (Fsp3) is 0.258. The Labute approximate surface area is 222 Å². The quantitative estimate of drug-likeness (QED) is 0.180. The van der Waals surface area contributed by atoms with Crippen LogP contribution in [0, 0.1) is 11.3 Å². The van der Waals surface area contributed by atoms with Gasteiger partial charge in [-0.05, 0) is 62.1 Å². The molecule has 38 heavy (non-hydrogen) atoms. The molecule has 192 valence electrons. The summed E-state index contributed by atoms with van der Waals surface area (Å²) < 4.78 is 17.5. The lowest BCUT2D eigenvalue weighted by atomic mass is 9.77. The summed E-state index contributed by atoms with van der Waals surface area (Å²) in [7, 11) is 3.67. The molecule has 3 aromatic carbocycles. The summed E-state index contributed by atoms with van der Waals surface area (Å²) in [5.41, 5.74) is 2.22. The summed E-state index contributed by atoms with van der Waals surface area (Å²) in [5, 5.41) is 11.4. The minimum atomic E-state index is -0.891. The van der Waals surface area contributed by atoms with E-state index in [1.807, 2.05) is 67.9 Å². The van der Waals surface area contributed by atoms with Gasteiger partial charge in [-0.1, -0.05) is 36.4 Å². The average Bonchev–Trinajstić information content (AvgIpc) is 3.08. The Hall–Kier alpha value is -4.57. The molecule has 0 bridgehead atoms. The van der Waals surface area contributed by atoms with Crippen LogP contribution in [0.3, 0.4) is 0 Å². The Balaban J connectivity index is 1.64. The van der Waals surface area contributed by atoms with Gasteiger partial charge in [-0.3, -0.25) is 4.99 Å². The van der Waals surface area contributed by atoms with Gasteiger partial charge in [0.2, 0.25) is 5.72 Å². The van der Waals surface area contributed by atoms with Crippen molar-refractivity contribution in [1.29, 1.82) is 5.26 Å². The molecule has 7 nitrogen and oxygen atoms in total. The second kappa shape index (κ2) is 9.38. The molecule has 5 rings (SSSR count). The van der Waals surface area contributed by atoms with Crippen molar-refractivity contribution in [2.75, 3.05) is 25.7 Å². The van der Waals surface area contributed by atoms with Gasteiger partial charge in [0.25, 0.3) is 0 Å². The highest BCUT2D eigenvalue weighted by molar-refractivity contribution is 6.02. The minimum absolute atomic E-state index is 0.0748. The highest BCUT2D eigenvalue weighted by atomic mass is 16.5. The van der Waals surface area contributed by atoms with Gasteiger partial charge >= 0.3 is 5.97 Å². The molecule has 2 aliphatic rings. The van der Waals surface area contributed by atoms with Crippen LogP contribution in [0.5, 0.6) is 11.5 Å². The second-order valence-electron chi connectivity index (χ2n) is 9.76. The molecule has 0 radical (unpaired) electrons. The molecule has 0 aromatic heterocycles. The monoisotopic (exact) mass is 507 g/mol. The maximum Gasteiger partial charge on any atom is 0.348 e. The molecule has 7 heteroatoms. The number of nitriles is 1. The Morgan fingerprint density at radius 3 is 2.74 bits per heavy atom. The van der Waals surface area contributed by atoms with Gasteiger partial charge < -0.3 is 19.1 Å². The van der Waals surface area contributed by atoms with Crippen molar-refractivity contribution in [1.82, 2.24) is 0 Å². The first kappa shape index (κ1) is 25.1. The van der Waals surface area contributed by atoms with E-state index in [9.17, 15) is 10.1 Å². The number of nitrogens with zero attached hydrogens (tertiary/aromatic N) is 3. The number of carbonyl (C=O) groups excluding carboxylic acids is 1. The molecule has 0 fully saturated rings. The van der Waals surface area contributed by atoms with Crippen LogP contribution in [-0.4, -0.2) is 38.7 Å². The first-order valence-corrected chi connectivity index (χ1v) is 12.4. The van der Waals surface area contributed by atoms with Crippen molar-refractivity contribution in [2.45, 2.75) is 31.9 Å². The van der Waals surface area contributed by atoms with Gasteiger partial charge in [0, 0.05) is 23.7 Å².